The molecular formula is C42H54N6O9S. The number of non-ortho nitro benzene ring substituents is 1. The van der Waals surface area contributed by atoms with E-state index in [0.29, 0.717) is 24.4 Å². The Balaban J connectivity index is 0.000000250. The molecule has 0 bridgehead atoms. The molecule has 2 heterocycles. The Morgan fingerprint density at radius 2 is 1.69 bits per heavy atom. The second-order valence-electron chi connectivity index (χ2n) is 14.0. The number of aryl methyl sites for hydroxylation is 1. The van der Waals surface area contributed by atoms with Gasteiger partial charge in [0.2, 0.25) is 12.3 Å². The number of benzene rings is 3. The highest BCUT2D eigenvalue weighted by Gasteiger charge is 2.31. The lowest BCUT2D eigenvalue weighted by Gasteiger charge is -2.36. The summed E-state index contributed by atoms with van der Waals surface area (Å²) in [5.74, 6) is -0.153. The fourth-order valence-electron chi connectivity index (χ4n) is 6.77. The topological polar surface area (TPSA) is 172 Å². The maximum Gasteiger partial charge on any atom is 0.270 e. The molecule has 312 valence electrons. The third-order valence-corrected chi connectivity index (χ3v) is 11.3. The average molecular weight is 819 g/mol. The van der Waals surface area contributed by atoms with E-state index in [9.17, 15) is 29.3 Å². The van der Waals surface area contributed by atoms with Gasteiger partial charge in [-0.25, -0.2) is 0 Å². The number of imide groups is 1. The lowest BCUT2D eigenvalue weighted by molar-refractivity contribution is -0.385. The van der Waals surface area contributed by atoms with Gasteiger partial charge in [0.05, 0.1) is 22.4 Å². The number of nitro groups is 1. The normalized spacial score (nSPS) is 15.1. The molecule has 1 N–H and O–H groups in total. The van der Waals surface area contributed by atoms with Gasteiger partial charge in [0.25, 0.3) is 11.6 Å². The van der Waals surface area contributed by atoms with Crippen LogP contribution in [0.25, 0.3) is 0 Å². The fourth-order valence-corrected chi connectivity index (χ4v) is 7.98. The average Bonchev–Trinajstić information content (AvgIpc) is 3.21. The van der Waals surface area contributed by atoms with Crippen molar-refractivity contribution in [3.05, 3.63) is 75.8 Å². The number of likely N-dealkylation sites (N-methyl/N-ethyl adjacent to an activating group) is 1. The molecule has 6 rings (SSSR count). The Morgan fingerprint density at radius 3 is 2.26 bits per heavy atom. The van der Waals surface area contributed by atoms with Crippen LogP contribution < -0.4 is 19.9 Å². The van der Waals surface area contributed by atoms with E-state index in [-0.39, 0.29) is 23.5 Å². The molecule has 1 atom stereocenters. The Kier molecular flexibility index (Phi) is 17.7. The van der Waals surface area contributed by atoms with Crippen molar-refractivity contribution in [3.8, 4) is 5.75 Å². The minimum absolute atomic E-state index is 0.0745. The van der Waals surface area contributed by atoms with Crippen molar-refractivity contribution in [2.45, 2.75) is 74.3 Å². The lowest BCUT2D eigenvalue weighted by Crippen LogP contribution is -2.48. The molecule has 3 amide bonds. The summed E-state index contributed by atoms with van der Waals surface area (Å²) < 4.78 is 11.1. The van der Waals surface area contributed by atoms with Crippen LogP contribution in [0.1, 0.15) is 61.4 Å². The maximum absolute atomic E-state index is 13.1. The Labute approximate surface area is 344 Å². The number of nitro benzene ring substituents is 1. The summed E-state index contributed by atoms with van der Waals surface area (Å²) in [6.45, 7) is 8.77. The lowest BCUT2D eigenvalue weighted by atomic mass is 9.96. The third-order valence-electron chi connectivity index (χ3n) is 10.2. The highest BCUT2D eigenvalue weighted by atomic mass is 32.2. The standard InChI is InChI=1S/C23H34N4O5.C17H16N2O3S.C2H4O/c1-18-16-19(26-12-10-25(11-13-26)9-5-15-32-3)7-8-20(18)23(31)27(17-29)21(6-4-14-28)22(30)24-2;1-18-14-7-5-11(19(20)21)9-16(14)23-17-10-13(6-8-15(17)18)22-12-3-2-4-12;1-2-3/h7-8,14,16-17,21H,4-6,9-13,15H2,1-3H3,(H,24,30);5-10,12H,2-4H2,1H3;2H,1H3. The molecule has 1 saturated carbocycles. The zero-order valence-corrected chi connectivity index (χ0v) is 34.7. The molecule has 2 fully saturated rings. The van der Waals surface area contributed by atoms with Crippen molar-refractivity contribution in [1.82, 2.24) is 15.1 Å². The largest absolute Gasteiger partial charge is 0.490 e. The summed E-state index contributed by atoms with van der Waals surface area (Å²) in [5.41, 5.74) is 4.32. The van der Waals surface area contributed by atoms with E-state index in [2.05, 4.69) is 26.1 Å². The van der Waals surface area contributed by atoms with Gasteiger partial charge < -0.3 is 34.2 Å². The molecule has 1 unspecified atom stereocenters. The molecule has 3 aliphatic rings. The second-order valence-corrected chi connectivity index (χ2v) is 15.1. The number of carbonyl (C=O) groups is 5. The molecule has 58 heavy (non-hydrogen) atoms. The summed E-state index contributed by atoms with van der Waals surface area (Å²) in [5, 5.41) is 13.4. The van der Waals surface area contributed by atoms with E-state index >= 15 is 0 Å². The molecule has 16 heteroatoms. The number of piperazine rings is 1. The SMILES string of the molecule is CC=O.CN1c2ccc(OC3CCC3)cc2Sc2cc([N+](=O)[O-])ccc21.CNC(=O)C(CCC=O)N(C=O)C(=O)c1ccc(N2CCN(CCCOC)CC2)cc1C. The van der Waals surface area contributed by atoms with Crippen molar-refractivity contribution in [2.75, 3.05) is 70.3 Å². The van der Waals surface area contributed by atoms with Crippen molar-refractivity contribution in [1.29, 1.82) is 0 Å². The number of hydrogen-bond donors (Lipinski definition) is 1. The summed E-state index contributed by atoms with van der Waals surface area (Å²) >= 11 is 1.56. The van der Waals surface area contributed by atoms with Crippen molar-refractivity contribution in [3.63, 3.8) is 0 Å². The van der Waals surface area contributed by atoms with Crippen LogP contribution in [0.2, 0.25) is 0 Å². The van der Waals surface area contributed by atoms with Crippen molar-refractivity contribution < 1.29 is 38.4 Å². The maximum atomic E-state index is 13.1. The zero-order valence-electron chi connectivity index (χ0n) is 33.9. The third kappa shape index (κ3) is 11.9. The van der Waals surface area contributed by atoms with E-state index in [0.717, 1.165) is 108 Å². The number of aldehydes is 2. The van der Waals surface area contributed by atoms with Gasteiger partial charge in [-0.1, -0.05) is 11.8 Å². The molecule has 1 saturated heterocycles. The number of methoxy groups -OCH3 is 1. The summed E-state index contributed by atoms with van der Waals surface area (Å²) in [7, 11) is 5.13. The van der Waals surface area contributed by atoms with Crippen LogP contribution in [-0.4, -0.2) is 118 Å². The predicted octanol–water partition coefficient (Wildman–Crippen LogP) is 5.81. The van der Waals surface area contributed by atoms with Crippen LogP contribution in [0.3, 0.4) is 0 Å². The Hall–Kier alpha value is -5.32. The number of hydrogen-bond acceptors (Lipinski definition) is 13. The van der Waals surface area contributed by atoms with E-state index in [1.54, 1.807) is 37.1 Å². The number of anilines is 3. The molecule has 2 aliphatic heterocycles. The first-order valence-electron chi connectivity index (χ1n) is 19.4. The van der Waals surface area contributed by atoms with Gasteiger partial charge >= 0.3 is 0 Å². The smallest absolute Gasteiger partial charge is 0.270 e. The summed E-state index contributed by atoms with van der Waals surface area (Å²) in [6.07, 6.45) is 6.79. The van der Waals surface area contributed by atoms with Crippen LogP contribution in [-0.2, 0) is 23.9 Å². The van der Waals surface area contributed by atoms with Gasteiger partial charge in [-0.3, -0.25) is 34.3 Å². The van der Waals surface area contributed by atoms with Crippen molar-refractivity contribution in [2.24, 2.45) is 0 Å². The molecule has 0 aromatic heterocycles. The first kappa shape index (κ1) is 45.4. The predicted molar refractivity (Wildman–Crippen MR) is 223 cm³/mol. The van der Waals surface area contributed by atoms with Crippen LogP contribution >= 0.6 is 11.8 Å². The van der Waals surface area contributed by atoms with Crippen LogP contribution in [0.15, 0.2) is 64.4 Å². The first-order valence-corrected chi connectivity index (χ1v) is 20.2. The number of nitrogens with zero attached hydrogens (tertiary/aromatic N) is 5. The fraction of sp³-hybridized carbons (Fsp3) is 0.452. The van der Waals surface area contributed by atoms with Crippen LogP contribution in [0, 0.1) is 17.0 Å². The van der Waals surface area contributed by atoms with Crippen molar-refractivity contribution >= 4 is 65.3 Å². The van der Waals surface area contributed by atoms with E-state index in [4.69, 9.17) is 14.3 Å². The number of amides is 3. The van der Waals surface area contributed by atoms with Gasteiger partial charge in [-0.15, -0.1) is 0 Å². The zero-order chi connectivity index (χ0) is 42.2. The molecule has 3 aromatic carbocycles. The van der Waals surface area contributed by atoms with Gasteiger partial charge in [-0.05, 0) is 94.0 Å². The van der Waals surface area contributed by atoms with Gasteiger partial charge in [0.15, 0.2) is 0 Å². The molecule has 15 nitrogen and oxygen atoms in total. The molecule has 1 aliphatic carbocycles. The van der Waals surface area contributed by atoms with Crippen LogP contribution in [0.5, 0.6) is 5.75 Å². The highest BCUT2D eigenvalue weighted by Crippen LogP contribution is 2.49. The monoisotopic (exact) mass is 818 g/mol. The molecule has 3 aromatic rings. The minimum Gasteiger partial charge on any atom is -0.490 e. The molecule has 0 spiro atoms. The van der Waals surface area contributed by atoms with E-state index in [1.165, 1.54) is 20.4 Å². The second kappa shape index (κ2) is 22.6. The number of ether oxygens (including phenoxy) is 2. The first-order chi connectivity index (χ1) is 28.0. The number of fused-ring (bicyclic) bond motifs is 2. The van der Waals surface area contributed by atoms with Gasteiger partial charge in [0.1, 0.15) is 24.4 Å². The Morgan fingerprint density at radius 1 is 1.02 bits per heavy atom. The van der Waals surface area contributed by atoms with Crippen LogP contribution in [0.4, 0.5) is 22.7 Å². The highest BCUT2D eigenvalue weighted by molar-refractivity contribution is 7.99. The molecule has 0 radical (unpaired) electrons. The van der Waals surface area contributed by atoms with Gasteiger partial charge in [0, 0.05) is 100 Å². The number of rotatable bonds is 15. The minimum atomic E-state index is -1.03. The Bertz CT molecular complexity index is 1900. The van der Waals surface area contributed by atoms with E-state index in [1.807, 2.05) is 44.3 Å². The summed E-state index contributed by atoms with van der Waals surface area (Å²) in [4.78, 5) is 76.8. The number of carbonyl (C=O) groups excluding carboxylic acids is 5. The number of nitrogens with one attached hydrogen (secondary N) is 1. The molecular weight excluding hydrogens is 765 g/mol. The van der Waals surface area contributed by atoms with E-state index < -0.39 is 17.9 Å². The van der Waals surface area contributed by atoms with Gasteiger partial charge in [-0.2, -0.15) is 0 Å². The summed E-state index contributed by atoms with van der Waals surface area (Å²) in [6, 6.07) is 15.6. The quantitative estimate of drug-likeness (QED) is 0.0844.